The van der Waals surface area contributed by atoms with E-state index in [0.29, 0.717) is 6.04 Å². The van der Waals surface area contributed by atoms with Crippen LogP contribution >= 0.6 is 0 Å². The van der Waals surface area contributed by atoms with E-state index in [1.165, 1.54) is 31.2 Å². The van der Waals surface area contributed by atoms with Gasteiger partial charge in [0.05, 0.1) is 6.33 Å². The minimum Gasteiger partial charge on any atom is -0.310 e. The van der Waals surface area contributed by atoms with Crippen molar-refractivity contribution in [3.05, 3.63) is 48.5 Å². The van der Waals surface area contributed by atoms with E-state index < -0.39 is 0 Å². The minimum absolute atomic E-state index is 0.701. The molecule has 3 rings (SSSR count). The summed E-state index contributed by atoms with van der Waals surface area (Å²) in [5.41, 5.74) is 2.52. The highest BCUT2D eigenvalue weighted by atomic mass is 15.0. The number of imidazole rings is 1. The molecule has 1 fully saturated rings. The third-order valence-electron chi connectivity index (χ3n) is 4.27. The van der Waals surface area contributed by atoms with Gasteiger partial charge in [0.2, 0.25) is 0 Å². The van der Waals surface area contributed by atoms with Crippen LogP contribution in [0.2, 0.25) is 0 Å². The van der Waals surface area contributed by atoms with E-state index in [1.807, 2.05) is 17.1 Å². The van der Waals surface area contributed by atoms with Gasteiger partial charge in [0.15, 0.2) is 0 Å². The van der Waals surface area contributed by atoms with E-state index in [1.54, 1.807) is 6.20 Å². The Bertz CT molecular complexity index is 516. The molecule has 0 saturated heterocycles. The van der Waals surface area contributed by atoms with Crippen LogP contribution in [0.3, 0.4) is 0 Å². The predicted molar refractivity (Wildman–Crippen MR) is 81.8 cm³/mol. The normalized spacial score (nSPS) is 22.9. The molecule has 2 aromatic rings. The molecule has 1 aromatic heterocycles. The Hall–Kier alpha value is -1.61. The van der Waals surface area contributed by atoms with Crippen molar-refractivity contribution in [3.63, 3.8) is 0 Å². The van der Waals surface area contributed by atoms with Gasteiger partial charge in [0.25, 0.3) is 0 Å². The van der Waals surface area contributed by atoms with Gasteiger partial charge >= 0.3 is 0 Å². The van der Waals surface area contributed by atoms with Crippen molar-refractivity contribution >= 4 is 0 Å². The number of nitrogens with one attached hydrogen (secondary N) is 1. The first-order chi connectivity index (χ1) is 9.81. The van der Waals surface area contributed by atoms with E-state index in [4.69, 9.17) is 0 Å². The Kier molecular flexibility index (Phi) is 4.16. The van der Waals surface area contributed by atoms with Crippen molar-refractivity contribution < 1.29 is 0 Å². The predicted octanol–water partition coefficient (Wildman–Crippen LogP) is 3.54. The van der Waals surface area contributed by atoms with Crippen molar-refractivity contribution in [1.82, 2.24) is 14.9 Å². The van der Waals surface area contributed by atoms with Crippen molar-refractivity contribution in [3.8, 4) is 5.69 Å². The van der Waals surface area contributed by atoms with E-state index in [9.17, 15) is 0 Å². The van der Waals surface area contributed by atoms with Crippen LogP contribution in [0.15, 0.2) is 43.0 Å². The molecule has 20 heavy (non-hydrogen) atoms. The summed E-state index contributed by atoms with van der Waals surface area (Å²) in [4.78, 5) is 4.08. The van der Waals surface area contributed by atoms with Gasteiger partial charge in [-0.05, 0) is 36.5 Å². The van der Waals surface area contributed by atoms with Gasteiger partial charge in [-0.25, -0.2) is 4.98 Å². The summed E-state index contributed by atoms with van der Waals surface area (Å²) in [6.07, 6.45) is 11.0. The van der Waals surface area contributed by atoms with Crippen molar-refractivity contribution in [2.75, 3.05) is 0 Å². The molecule has 0 aliphatic heterocycles. The van der Waals surface area contributed by atoms with Crippen LogP contribution in [-0.2, 0) is 6.54 Å². The summed E-state index contributed by atoms with van der Waals surface area (Å²) in [7, 11) is 0. The van der Waals surface area contributed by atoms with Crippen LogP contribution < -0.4 is 5.32 Å². The van der Waals surface area contributed by atoms with Gasteiger partial charge in [0.1, 0.15) is 0 Å². The topological polar surface area (TPSA) is 29.9 Å². The third-order valence-corrected chi connectivity index (χ3v) is 4.27. The Balaban J connectivity index is 1.56. The summed E-state index contributed by atoms with van der Waals surface area (Å²) in [5, 5.41) is 3.70. The zero-order valence-electron chi connectivity index (χ0n) is 12.1. The van der Waals surface area contributed by atoms with Crippen molar-refractivity contribution in [1.29, 1.82) is 0 Å². The first kappa shape index (κ1) is 13.4. The molecule has 106 valence electrons. The highest BCUT2D eigenvalue weighted by Crippen LogP contribution is 2.23. The Morgan fingerprint density at radius 2 is 2.10 bits per heavy atom. The Morgan fingerprint density at radius 3 is 2.80 bits per heavy atom. The number of rotatable bonds is 4. The molecule has 1 heterocycles. The number of hydrogen-bond donors (Lipinski definition) is 1. The molecule has 0 spiro atoms. The summed E-state index contributed by atoms with van der Waals surface area (Å²) < 4.78 is 2.03. The van der Waals surface area contributed by atoms with Crippen molar-refractivity contribution in [2.24, 2.45) is 5.92 Å². The van der Waals surface area contributed by atoms with Crippen LogP contribution in [-0.4, -0.2) is 15.6 Å². The van der Waals surface area contributed by atoms with Gasteiger partial charge in [-0.1, -0.05) is 31.9 Å². The van der Waals surface area contributed by atoms with Crippen LogP contribution in [0.1, 0.15) is 38.2 Å². The second-order valence-electron chi connectivity index (χ2n) is 5.99. The monoisotopic (exact) mass is 269 g/mol. The zero-order valence-corrected chi connectivity index (χ0v) is 12.1. The minimum atomic E-state index is 0.701. The maximum absolute atomic E-state index is 4.08. The second-order valence-corrected chi connectivity index (χ2v) is 5.99. The van der Waals surface area contributed by atoms with Gasteiger partial charge < -0.3 is 9.88 Å². The highest BCUT2D eigenvalue weighted by molar-refractivity contribution is 5.34. The van der Waals surface area contributed by atoms with Crippen LogP contribution in [0.5, 0.6) is 0 Å². The molecule has 0 amide bonds. The van der Waals surface area contributed by atoms with Gasteiger partial charge in [0, 0.05) is 30.7 Å². The highest BCUT2D eigenvalue weighted by Gasteiger charge is 2.17. The molecule has 3 heteroatoms. The zero-order chi connectivity index (χ0) is 13.8. The number of nitrogens with zero attached hydrogens (tertiary/aromatic N) is 2. The Morgan fingerprint density at radius 1 is 1.25 bits per heavy atom. The summed E-state index contributed by atoms with van der Waals surface area (Å²) in [5.74, 6) is 0.880. The lowest BCUT2D eigenvalue weighted by Crippen LogP contribution is -2.33. The van der Waals surface area contributed by atoms with Crippen LogP contribution in [0.25, 0.3) is 5.69 Å². The van der Waals surface area contributed by atoms with Gasteiger partial charge in [-0.15, -0.1) is 0 Å². The fourth-order valence-electron chi connectivity index (χ4n) is 3.08. The molecule has 0 bridgehead atoms. The maximum atomic E-state index is 4.08. The third kappa shape index (κ3) is 3.28. The van der Waals surface area contributed by atoms with E-state index >= 15 is 0 Å². The van der Waals surface area contributed by atoms with E-state index in [-0.39, 0.29) is 0 Å². The molecule has 2 atom stereocenters. The van der Waals surface area contributed by atoms with Gasteiger partial charge in [-0.2, -0.15) is 0 Å². The lowest BCUT2D eigenvalue weighted by molar-refractivity contribution is 0.300. The molecular weight excluding hydrogens is 246 g/mol. The number of aromatic nitrogens is 2. The van der Waals surface area contributed by atoms with Crippen LogP contribution in [0, 0.1) is 5.92 Å². The number of benzene rings is 1. The maximum Gasteiger partial charge on any atom is 0.0991 e. The van der Waals surface area contributed by atoms with Crippen LogP contribution in [0.4, 0.5) is 0 Å². The first-order valence-corrected chi connectivity index (χ1v) is 7.62. The quantitative estimate of drug-likeness (QED) is 0.920. The lowest BCUT2D eigenvalue weighted by Gasteiger charge is -2.27. The summed E-state index contributed by atoms with van der Waals surface area (Å²) in [6.45, 7) is 3.34. The molecule has 1 N–H and O–H groups in total. The average Bonchev–Trinajstić information content (AvgIpc) is 3.00. The molecule has 1 aromatic carbocycles. The Labute approximate surface area is 121 Å². The van der Waals surface area contributed by atoms with E-state index in [2.05, 4.69) is 41.5 Å². The van der Waals surface area contributed by atoms with E-state index in [0.717, 1.165) is 18.2 Å². The fraction of sp³-hybridized carbons (Fsp3) is 0.471. The lowest BCUT2D eigenvalue weighted by atomic mass is 9.87. The SMILES string of the molecule is CC1CCCC(NCc2ccc(-n3ccnc3)cc2)C1. The number of hydrogen-bond acceptors (Lipinski definition) is 2. The molecule has 2 unspecified atom stereocenters. The molecular formula is C17H23N3. The molecule has 0 radical (unpaired) electrons. The smallest absolute Gasteiger partial charge is 0.0991 e. The second kappa shape index (κ2) is 6.23. The summed E-state index contributed by atoms with van der Waals surface area (Å²) in [6, 6.07) is 9.42. The van der Waals surface area contributed by atoms with Crippen molar-refractivity contribution in [2.45, 2.75) is 45.2 Å². The summed E-state index contributed by atoms with van der Waals surface area (Å²) >= 11 is 0. The molecule has 3 nitrogen and oxygen atoms in total. The van der Waals surface area contributed by atoms with Gasteiger partial charge in [-0.3, -0.25) is 0 Å². The fourth-order valence-corrected chi connectivity index (χ4v) is 3.08. The first-order valence-electron chi connectivity index (χ1n) is 7.62. The largest absolute Gasteiger partial charge is 0.310 e. The average molecular weight is 269 g/mol. The molecule has 1 saturated carbocycles. The molecule has 1 aliphatic carbocycles. The molecule has 1 aliphatic rings. The standard InChI is InChI=1S/C17H23N3/c1-14-3-2-4-16(11-14)19-12-15-5-7-17(8-6-15)20-10-9-18-13-20/h5-10,13-14,16,19H,2-4,11-12H2,1H3.